The number of furan rings is 1. The summed E-state index contributed by atoms with van der Waals surface area (Å²) >= 11 is 0. The molecule has 0 amide bonds. The van der Waals surface area contributed by atoms with Crippen LogP contribution in [0, 0.1) is 0 Å². The number of rotatable bonds is 1. The van der Waals surface area contributed by atoms with Crippen LogP contribution in [0.4, 0.5) is 0 Å². The van der Waals surface area contributed by atoms with Gasteiger partial charge in [0.15, 0.2) is 0 Å². The Bertz CT molecular complexity index is 1390. The minimum absolute atomic E-state index is 0.911. The molecule has 0 fully saturated rings. The minimum Gasteiger partial charge on any atom is -0.456 e. The second kappa shape index (κ2) is 4.96. The van der Waals surface area contributed by atoms with Crippen LogP contribution in [0.5, 0.6) is 0 Å². The summed E-state index contributed by atoms with van der Waals surface area (Å²) in [5, 5.41) is 4.73. The van der Waals surface area contributed by atoms with E-state index < -0.39 is 0 Å². The van der Waals surface area contributed by atoms with Crippen molar-refractivity contribution in [2.45, 2.75) is 0 Å². The highest BCUT2D eigenvalue weighted by Crippen LogP contribution is 2.34. The molecule has 6 aromatic rings. The Balaban J connectivity index is 1.76. The molecule has 0 spiro atoms. The van der Waals surface area contributed by atoms with Gasteiger partial charge in [-0.15, -0.1) is 0 Å². The average molecular weight is 334 g/mol. The maximum atomic E-state index is 5.98. The smallest absolute Gasteiger partial charge is 0.135 e. The fraction of sp³-hybridized carbons (Fsp3) is 0. The number of hydrogen-bond acceptors (Lipinski definition) is 2. The van der Waals surface area contributed by atoms with Gasteiger partial charge in [0.05, 0.1) is 17.2 Å². The second-order valence-electron chi connectivity index (χ2n) is 6.52. The molecule has 0 radical (unpaired) electrons. The molecule has 0 atom stereocenters. The molecule has 122 valence electrons. The third-order valence-corrected chi connectivity index (χ3v) is 5.09. The molecular formula is C23H14N2O. The summed E-state index contributed by atoms with van der Waals surface area (Å²) in [6, 6.07) is 25.1. The lowest BCUT2D eigenvalue weighted by Crippen LogP contribution is -1.93. The van der Waals surface area contributed by atoms with Crippen LogP contribution in [0.3, 0.4) is 0 Å². The van der Waals surface area contributed by atoms with E-state index in [0.29, 0.717) is 0 Å². The Morgan fingerprint density at radius 3 is 2.38 bits per heavy atom. The van der Waals surface area contributed by atoms with E-state index >= 15 is 0 Å². The summed E-state index contributed by atoms with van der Waals surface area (Å²) in [5.41, 5.74) is 5.24. The van der Waals surface area contributed by atoms with Crippen LogP contribution in [0.2, 0.25) is 0 Å². The Hall–Kier alpha value is -3.59. The Morgan fingerprint density at radius 1 is 0.654 bits per heavy atom. The summed E-state index contributed by atoms with van der Waals surface area (Å²) in [7, 11) is 0. The molecule has 3 aromatic heterocycles. The first-order chi connectivity index (χ1) is 12.9. The number of aromatic nitrogens is 2. The van der Waals surface area contributed by atoms with Gasteiger partial charge >= 0.3 is 0 Å². The maximum Gasteiger partial charge on any atom is 0.135 e. The van der Waals surface area contributed by atoms with Gasteiger partial charge < -0.3 is 8.98 Å². The fourth-order valence-corrected chi connectivity index (χ4v) is 3.95. The van der Waals surface area contributed by atoms with E-state index in [9.17, 15) is 0 Å². The van der Waals surface area contributed by atoms with Crippen LogP contribution in [0.1, 0.15) is 0 Å². The predicted molar refractivity (Wildman–Crippen MR) is 106 cm³/mol. The zero-order valence-corrected chi connectivity index (χ0v) is 13.9. The number of hydrogen-bond donors (Lipinski definition) is 0. The molecule has 0 N–H and O–H groups in total. The lowest BCUT2D eigenvalue weighted by Gasteiger charge is -2.07. The van der Waals surface area contributed by atoms with Crippen molar-refractivity contribution in [3.05, 3.63) is 85.2 Å². The quantitative estimate of drug-likeness (QED) is 0.365. The number of pyridine rings is 1. The van der Waals surface area contributed by atoms with E-state index in [0.717, 1.165) is 33.1 Å². The van der Waals surface area contributed by atoms with E-state index in [1.807, 2.05) is 30.6 Å². The first-order valence-electron chi connectivity index (χ1n) is 8.65. The predicted octanol–water partition coefficient (Wildman–Crippen LogP) is 6.08. The molecule has 3 heteroatoms. The van der Waals surface area contributed by atoms with Crippen molar-refractivity contribution in [2.24, 2.45) is 0 Å². The Labute approximate surface area is 149 Å². The van der Waals surface area contributed by atoms with Crippen LogP contribution in [-0.2, 0) is 0 Å². The van der Waals surface area contributed by atoms with Gasteiger partial charge in [-0.2, -0.15) is 0 Å². The molecule has 3 aromatic carbocycles. The van der Waals surface area contributed by atoms with Gasteiger partial charge in [-0.3, -0.25) is 4.98 Å². The summed E-state index contributed by atoms with van der Waals surface area (Å²) in [6.45, 7) is 0. The maximum absolute atomic E-state index is 5.98. The summed E-state index contributed by atoms with van der Waals surface area (Å²) in [6.07, 6.45) is 3.79. The summed E-state index contributed by atoms with van der Waals surface area (Å²) < 4.78 is 8.25. The van der Waals surface area contributed by atoms with Crippen molar-refractivity contribution < 1.29 is 4.42 Å². The normalized spacial score (nSPS) is 11.8. The average Bonchev–Trinajstić information content (AvgIpc) is 3.23. The standard InChI is InChI=1S/C23H14N2O/c1-3-7-20-16(5-1)17-11-12-24-14-21(17)25(20)15-9-10-23-19(13-15)18-6-2-4-8-22(18)26-23/h1-14H. The number of fused-ring (bicyclic) bond motifs is 6. The molecule has 0 aliphatic carbocycles. The lowest BCUT2D eigenvalue weighted by atomic mass is 10.1. The van der Waals surface area contributed by atoms with Crippen molar-refractivity contribution in [1.82, 2.24) is 9.55 Å². The molecule has 6 rings (SSSR count). The van der Waals surface area contributed by atoms with E-state index in [1.165, 1.54) is 16.3 Å². The molecule has 0 bridgehead atoms. The van der Waals surface area contributed by atoms with Crippen LogP contribution in [-0.4, -0.2) is 9.55 Å². The molecule has 3 heterocycles. The van der Waals surface area contributed by atoms with E-state index in [1.54, 1.807) is 0 Å². The third kappa shape index (κ3) is 1.74. The fourth-order valence-electron chi connectivity index (χ4n) is 3.95. The second-order valence-corrected chi connectivity index (χ2v) is 6.52. The lowest BCUT2D eigenvalue weighted by molar-refractivity contribution is 0.669. The van der Waals surface area contributed by atoms with Gasteiger partial charge in [0.1, 0.15) is 11.2 Å². The molecule has 26 heavy (non-hydrogen) atoms. The largest absolute Gasteiger partial charge is 0.456 e. The van der Waals surface area contributed by atoms with Crippen molar-refractivity contribution in [1.29, 1.82) is 0 Å². The summed E-state index contributed by atoms with van der Waals surface area (Å²) in [4.78, 5) is 4.36. The Morgan fingerprint density at radius 2 is 1.42 bits per heavy atom. The van der Waals surface area contributed by atoms with Gasteiger partial charge in [0.2, 0.25) is 0 Å². The molecule has 0 aliphatic rings. The first-order valence-corrected chi connectivity index (χ1v) is 8.65. The first kappa shape index (κ1) is 13.7. The van der Waals surface area contributed by atoms with Crippen molar-refractivity contribution in [3.63, 3.8) is 0 Å². The SMILES string of the molecule is c1ccc2c(c1)oc1ccc(-n3c4ccccc4c4ccncc43)cc12. The molecule has 0 unspecified atom stereocenters. The number of benzene rings is 3. The highest BCUT2D eigenvalue weighted by atomic mass is 16.3. The Kier molecular flexibility index (Phi) is 2.61. The zero-order chi connectivity index (χ0) is 17.1. The van der Waals surface area contributed by atoms with E-state index in [4.69, 9.17) is 4.42 Å². The molecular weight excluding hydrogens is 320 g/mol. The molecule has 3 nitrogen and oxygen atoms in total. The number of nitrogens with zero attached hydrogens (tertiary/aromatic N) is 2. The monoisotopic (exact) mass is 334 g/mol. The highest BCUT2D eigenvalue weighted by Gasteiger charge is 2.13. The van der Waals surface area contributed by atoms with Gasteiger partial charge in [0.25, 0.3) is 0 Å². The molecule has 0 aliphatic heterocycles. The van der Waals surface area contributed by atoms with Crippen LogP contribution in [0.25, 0.3) is 49.4 Å². The van der Waals surface area contributed by atoms with Crippen molar-refractivity contribution >= 4 is 43.7 Å². The van der Waals surface area contributed by atoms with E-state index in [-0.39, 0.29) is 0 Å². The van der Waals surface area contributed by atoms with Crippen LogP contribution >= 0.6 is 0 Å². The van der Waals surface area contributed by atoms with Gasteiger partial charge in [-0.25, -0.2) is 0 Å². The third-order valence-electron chi connectivity index (χ3n) is 5.09. The minimum atomic E-state index is 0.911. The summed E-state index contributed by atoms with van der Waals surface area (Å²) in [5.74, 6) is 0. The van der Waals surface area contributed by atoms with Gasteiger partial charge in [-0.1, -0.05) is 36.4 Å². The van der Waals surface area contributed by atoms with Gasteiger partial charge in [-0.05, 0) is 36.4 Å². The van der Waals surface area contributed by atoms with Crippen LogP contribution < -0.4 is 0 Å². The zero-order valence-electron chi connectivity index (χ0n) is 13.9. The van der Waals surface area contributed by atoms with E-state index in [2.05, 4.69) is 64.1 Å². The van der Waals surface area contributed by atoms with Crippen molar-refractivity contribution in [2.75, 3.05) is 0 Å². The number of para-hydroxylation sites is 2. The highest BCUT2D eigenvalue weighted by molar-refractivity contribution is 6.10. The van der Waals surface area contributed by atoms with Gasteiger partial charge in [0, 0.05) is 33.4 Å². The van der Waals surface area contributed by atoms with Crippen molar-refractivity contribution in [3.8, 4) is 5.69 Å². The van der Waals surface area contributed by atoms with Crippen LogP contribution in [0.15, 0.2) is 89.6 Å². The topological polar surface area (TPSA) is 31.0 Å². The molecule has 0 saturated heterocycles. The molecule has 0 saturated carbocycles.